The molecule has 0 saturated carbocycles. The van der Waals surface area contributed by atoms with Gasteiger partial charge in [0.25, 0.3) is 0 Å². The summed E-state index contributed by atoms with van der Waals surface area (Å²) in [6.07, 6.45) is 22.4. The second-order valence-electron chi connectivity index (χ2n) is 7.36. The van der Waals surface area contributed by atoms with E-state index in [4.69, 9.17) is 5.73 Å². The summed E-state index contributed by atoms with van der Waals surface area (Å²) in [6.45, 7) is 2.21. The Balaban J connectivity index is 4.62. The predicted molar refractivity (Wildman–Crippen MR) is 133 cm³/mol. The van der Waals surface area contributed by atoms with Crippen molar-refractivity contribution < 1.29 is 24.2 Å². The normalized spacial score (nSPS) is 15.0. The van der Waals surface area contributed by atoms with Gasteiger partial charge in [0.15, 0.2) is 0 Å². The van der Waals surface area contributed by atoms with Crippen LogP contribution in [0.1, 0.15) is 58.3 Å². The van der Waals surface area contributed by atoms with E-state index in [1.807, 2.05) is 30.4 Å². The number of hydrogen-bond acceptors (Lipinski definition) is 7. The number of ether oxygens (including phenoxy) is 2. The summed E-state index contributed by atoms with van der Waals surface area (Å²) in [5, 5.41) is 10.3. The maximum Gasteiger partial charge on any atom is 0.323 e. The number of rotatable bonds is 18. The number of allylic oxidation sites excluding steroid dienone is 7. The summed E-state index contributed by atoms with van der Waals surface area (Å²) in [6, 6.07) is -0.753. The third-order valence-electron chi connectivity index (χ3n) is 4.64. The van der Waals surface area contributed by atoms with Crippen molar-refractivity contribution in [1.29, 1.82) is 0 Å². The quantitative estimate of drug-likeness (QED) is 0.133. The fraction of sp³-hybridized carbons (Fsp3) is 0.600. The molecule has 0 aromatic rings. The van der Waals surface area contributed by atoms with Gasteiger partial charge in [-0.15, -0.1) is 11.8 Å². The molecule has 0 heterocycles. The number of methoxy groups -OCH3 is 2. The summed E-state index contributed by atoms with van der Waals surface area (Å²) in [4.78, 5) is 22.8. The van der Waals surface area contributed by atoms with Crippen molar-refractivity contribution in [3.8, 4) is 0 Å². The Bertz CT molecular complexity index is 615. The van der Waals surface area contributed by atoms with E-state index in [1.54, 1.807) is 0 Å². The SMILES string of the molecule is CCCCC/C=C\C\C=C/C=C/C=C/[C@H](SC[C@H](N)C(=O)OC)[C@@H](O)CCCC(=O)OC. The molecular weight excluding hydrogens is 426 g/mol. The van der Waals surface area contributed by atoms with E-state index in [1.165, 1.54) is 45.2 Å². The monoisotopic (exact) mass is 467 g/mol. The second kappa shape index (κ2) is 21.0. The zero-order valence-corrected chi connectivity index (χ0v) is 20.6. The molecule has 3 atom stereocenters. The summed E-state index contributed by atoms with van der Waals surface area (Å²) in [7, 11) is 2.64. The van der Waals surface area contributed by atoms with E-state index < -0.39 is 18.1 Å². The van der Waals surface area contributed by atoms with Gasteiger partial charge in [0, 0.05) is 17.4 Å². The van der Waals surface area contributed by atoms with Crippen LogP contribution in [0.2, 0.25) is 0 Å². The fourth-order valence-electron chi connectivity index (χ4n) is 2.71. The van der Waals surface area contributed by atoms with Crippen LogP contribution in [0.15, 0.2) is 48.6 Å². The highest BCUT2D eigenvalue weighted by molar-refractivity contribution is 8.00. The topological polar surface area (TPSA) is 98.9 Å². The van der Waals surface area contributed by atoms with E-state index >= 15 is 0 Å². The molecule has 0 rings (SSSR count). The second-order valence-corrected chi connectivity index (χ2v) is 8.58. The maximum absolute atomic E-state index is 11.5. The minimum atomic E-state index is -0.753. The number of carbonyl (C=O) groups is 2. The van der Waals surface area contributed by atoms with E-state index in [9.17, 15) is 14.7 Å². The van der Waals surface area contributed by atoms with E-state index in [-0.39, 0.29) is 17.6 Å². The van der Waals surface area contributed by atoms with Crippen LogP contribution >= 0.6 is 11.8 Å². The van der Waals surface area contributed by atoms with Gasteiger partial charge in [-0.1, -0.05) is 68.4 Å². The first-order valence-electron chi connectivity index (χ1n) is 11.3. The molecule has 3 N–H and O–H groups in total. The van der Waals surface area contributed by atoms with Gasteiger partial charge in [-0.05, 0) is 32.1 Å². The fourth-order valence-corrected chi connectivity index (χ4v) is 3.84. The molecule has 0 aliphatic rings. The maximum atomic E-state index is 11.5. The van der Waals surface area contributed by atoms with Crippen LogP contribution in [-0.4, -0.2) is 54.4 Å². The molecule has 6 nitrogen and oxygen atoms in total. The van der Waals surface area contributed by atoms with Crippen molar-refractivity contribution in [1.82, 2.24) is 0 Å². The molecule has 32 heavy (non-hydrogen) atoms. The summed E-state index contributed by atoms with van der Waals surface area (Å²) in [5.41, 5.74) is 5.81. The zero-order chi connectivity index (χ0) is 24.0. The molecule has 0 spiro atoms. The summed E-state index contributed by atoms with van der Waals surface area (Å²) in [5.74, 6) is -0.454. The Labute approximate surface area is 198 Å². The van der Waals surface area contributed by atoms with Gasteiger partial charge in [-0.25, -0.2) is 0 Å². The number of aliphatic hydroxyl groups excluding tert-OH is 1. The summed E-state index contributed by atoms with van der Waals surface area (Å²) < 4.78 is 9.28. The van der Waals surface area contributed by atoms with E-state index in [0.717, 1.165) is 12.8 Å². The lowest BCUT2D eigenvalue weighted by atomic mass is 10.1. The highest BCUT2D eigenvalue weighted by Gasteiger charge is 2.21. The van der Waals surface area contributed by atoms with Crippen LogP contribution in [0.4, 0.5) is 0 Å². The largest absolute Gasteiger partial charge is 0.469 e. The Morgan fingerprint density at radius 3 is 2.44 bits per heavy atom. The molecule has 0 aromatic heterocycles. The number of unbranched alkanes of at least 4 members (excludes halogenated alkanes) is 3. The number of hydrogen-bond donors (Lipinski definition) is 2. The number of nitrogens with two attached hydrogens (primary N) is 1. The average molecular weight is 468 g/mol. The van der Waals surface area contributed by atoms with Crippen LogP contribution in [0, 0.1) is 0 Å². The first kappa shape index (κ1) is 30.2. The lowest BCUT2D eigenvalue weighted by Gasteiger charge is -2.20. The predicted octanol–water partition coefficient (Wildman–Crippen LogP) is 4.49. The molecule has 0 saturated heterocycles. The lowest BCUT2D eigenvalue weighted by molar-refractivity contribution is -0.142. The van der Waals surface area contributed by atoms with Gasteiger partial charge in [0.1, 0.15) is 6.04 Å². The first-order valence-corrected chi connectivity index (χ1v) is 12.4. The molecule has 0 amide bonds. The number of carbonyl (C=O) groups excluding carboxylic acids is 2. The first-order chi connectivity index (χ1) is 15.5. The number of aliphatic hydroxyl groups is 1. The Morgan fingerprint density at radius 1 is 1.00 bits per heavy atom. The number of esters is 2. The molecule has 0 aliphatic carbocycles. The van der Waals surface area contributed by atoms with Gasteiger partial charge in [-0.3, -0.25) is 9.59 Å². The molecule has 0 fully saturated rings. The highest BCUT2D eigenvalue weighted by atomic mass is 32.2. The third kappa shape index (κ3) is 16.8. The molecule has 0 bridgehead atoms. The van der Waals surface area contributed by atoms with Crippen molar-refractivity contribution in [2.75, 3.05) is 20.0 Å². The van der Waals surface area contributed by atoms with Gasteiger partial charge < -0.3 is 20.3 Å². The molecular formula is C25H41NO5S. The van der Waals surface area contributed by atoms with Gasteiger partial charge in [0.05, 0.1) is 20.3 Å². The van der Waals surface area contributed by atoms with Crippen molar-refractivity contribution in [2.45, 2.75) is 75.7 Å². The summed E-state index contributed by atoms with van der Waals surface area (Å²) >= 11 is 1.39. The lowest BCUT2D eigenvalue weighted by Crippen LogP contribution is -2.35. The number of thioether (sulfide) groups is 1. The van der Waals surface area contributed by atoms with Crippen molar-refractivity contribution in [3.63, 3.8) is 0 Å². The Hall–Kier alpha value is -1.83. The van der Waals surface area contributed by atoms with Crippen molar-refractivity contribution >= 4 is 23.7 Å². The zero-order valence-electron chi connectivity index (χ0n) is 19.8. The van der Waals surface area contributed by atoms with Crippen molar-refractivity contribution in [2.24, 2.45) is 5.73 Å². The standard InChI is InChI=1S/C25H41NO5S/c1-4-5-6-7-8-9-10-11-12-13-14-15-18-23(32-20-21(26)25(29)31-3)22(27)17-16-19-24(28)30-2/h8-9,11-15,18,21-23,27H,4-7,10,16-17,19-20,26H2,1-3H3/b9-8-,12-11-,14-13+,18-15+/t21-,22-,23-/m0/s1. The molecule has 0 unspecified atom stereocenters. The Morgan fingerprint density at radius 2 is 1.75 bits per heavy atom. The van der Waals surface area contributed by atoms with Crippen LogP contribution in [-0.2, 0) is 19.1 Å². The Kier molecular flexibility index (Phi) is 19.8. The average Bonchev–Trinajstić information content (AvgIpc) is 2.80. The molecule has 0 aliphatic heterocycles. The molecule has 182 valence electrons. The van der Waals surface area contributed by atoms with Gasteiger partial charge >= 0.3 is 11.9 Å². The minimum absolute atomic E-state index is 0.258. The highest BCUT2D eigenvalue weighted by Crippen LogP contribution is 2.21. The minimum Gasteiger partial charge on any atom is -0.469 e. The van der Waals surface area contributed by atoms with Gasteiger partial charge in [0.2, 0.25) is 0 Å². The van der Waals surface area contributed by atoms with Crippen LogP contribution in [0.25, 0.3) is 0 Å². The van der Waals surface area contributed by atoms with Crippen molar-refractivity contribution in [3.05, 3.63) is 48.6 Å². The van der Waals surface area contributed by atoms with E-state index in [0.29, 0.717) is 18.6 Å². The smallest absolute Gasteiger partial charge is 0.323 e. The molecule has 0 aromatic carbocycles. The van der Waals surface area contributed by atoms with Gasteiger partial charge in [-0.2, -0.15) is 0 Å². The molecule has 0 radical (unpaired) electrons. The van der Waals surface area contributed by atoms with Crippen LogP contribution < -0.4 is 5.73 Å². The molecule has 7 heteroatoms. The van der Waals surface area contributed by atoms with Crippen LogP contribution in [0.3, 0.4) is 0 Å². The van der Waals surface area contributed by atoms with Crippen LogP contribution in [0.5, 0.6) is 0 Å². The third-order valence-corrected chi connectivity index (χ3v) is 6.05. The van der Waals surface area contributed by atoms with E-state index in [2.05, 4.69) is 34.6 Å².